The lowest BCUT2D eigenvalue weighted by atomic mass is 10.1. The van der Waals surface area contributed by atoms with Crippen LogP contribution in [0.15, 0.2) is 18.2 Å². The van der Waals surface area contributed by atoms with Gasteiger partial charge < -0.3 is 14.7 Å². The molecule has 7 heteroatoms. The summed E-state index contributed by atoms with van der Waals surface area (Å²) in [6.07, 6.45) is 1.10. The number of hydrogen-bond acceptors (Lipinski definition) is 4. The van der Waals surface area contributed by atoms with E-state index < -0.39 is 10.1 Å². The first-order chi connectivity index (χ1) is 9.09. The minimum atomic E-state index is -3.89. The molecular weight excluding hydrogens is 282 g/mol. The van der Waals surface area contributed by atoms with Crippen LogP contribution < -0.4 is 0 Å². The van der Waals surface area contributed by atoms with Crippen LogP contribution in [-0.2, 0) is 16.5 Å². The van der Waals surface area contributed by atoms with Gasteiger partial charge in [0.05, 0.1) is 32.9 Å². The highest BCUT2D eigenvalue weighted by molar-refractivity contribution is 7.85. The van der Waals surface area contributed by atoms with Gasteiger partial charge in [0, 0.05) is 12.8 Å². The summed E-state index contributed by atoms with van der Waals surface area (Å²) in [4.78, 5) is 0. The van der Waals surface area contributed by atoms with Gasteiger partial charge in [-0.2, -0.15) is 8.42 Å². The number of phenols is 2. The number of rotatable bonds is 7. The summed E-state index contributed by atoms with van der Waals surface area (Å²) in [5, 5.41) is 18.6. The average molecular weight is 304 g/mol. The zero-order chi connectivity index (χ0) is 15.4. The Bertz CT molecular complexity index is 554. The summed E-state index contributed by atoms with van der Waals surface area (Å²) in [5.41, 5.74) is 0.904. The van der Waals surface area contributed by atoms with E-state index >= 15 is 0 Å². The van der Waals surface area contributed by atoms with E-state index in [1.165, 1.54) is 12.1 Å². The summed E-state index contributed by atoms with van der Waals surface area (Å²) in [5.74, 6) is -0.510. The second-order valence-electron chi connectivity index (χ2n) is 5.60. The predicted octanol–water partition coefficient (Wildman–Crippen LogP) is 0.995. The topological polar surface area (TPSA) is 94.8 Å². The van der Waals surface area contributed by atoms with Crippen LogP contribution in [0.3, 0.4) is 0 Å². The molecule has 0 bridgehead atoms. The SMILES string of the molecule is C[N+](C)(CCCS(=O)(=O)O)CCc1ccc(O)c(O)c1. The molecule has 0 aliphatic heterocycles. The van der Waals surface area contributed by atoms with Crippen molar-refractivity contribution in [2.75, 3.05) is 32.9 Å². The second kappa shape index (κ2) is 6.43. The Morgan fingerprint density at radius 2 is 1.75 bits per heavy atom. The number of phenolic OH excluding ortho intramolecular Hbond substituents is 2. The van der Waals surface area contributed by atoms with E-state index in [-0.39, 0.29) is 17.3 Å². The highest BCUT2D eigenvalue weighted by Gasteiger charge is 2.17. The van der Waals surface area contributed by atoms with Crippen LogP contribution in [0.25, 0.3) is 0 Å². The number of quaternary nitrogens is 1. The zero-order valence-electron chi connectivity index (χ0n) is 11.8. The minimum Gasteiger partial charge on any atom is -0.504 e. The minimum absolute atomic E-state index is 0.140. The van der Waals surface area contributed by atoms with Crippen molar-refractivity contribution >= 4 is 10.1 Å². The highest BCUT2D eigenvalue weighted by atomic mass is 32.2. The van der Waals surface area contributed by atoms with Crippen LogP contribution in [0, 0.1) is 0 Å². The van der Waals surface area contributed by atoms with Crippen molar-refractivity contribution in [1.29, 1.82) is 0 Å². The molecule has 0 atom stereocenters. The van der Waals surface area contributed by atoms with Gasteiger partial charge in [-0.1, -0.05) is 6.07 Å². The van der Waals surface area contributed by atoms with E-state index in [0.29, 0.717) is 23.9 Å². The second-order valence-corrected chi connectivity index (χ2v) is 7.17. The molecule has 0 saturated heterocycles. The maximum atomic E-state index is 10.7. The molecule has 0 amide bonds. The fourth-order valence-corrected chi connectivity index (χ4v) is 2.44. The van der Waals surface area contributed by atoms with Gasteiger partial charge in [-0.25, -0.2) is 0 Å². The number of aromatic hydroxyl groups is 2. The lowest BCUT2D eigenvalue weighted by Gasteiger charge is -2.29. The third kappa shape index (κ3) is 6.23. The van der Waals surface area contributed by atoms with Crippen molar-refractivity contribution in [3.8, 4) is 11.5 Å². The fraction of sp³-hybridized carbons (Fsp3) is 0.538. The van der Waals surface area contributed by atoms with E-state index in [4.69, 9.17) is 4.55 Å². The third-order valence-electron chi connectivity index (χ3n) is 3.21. The summed E-state index contributed by atoms with van der Waals surface area (Å²) < 4.78 is 30.6. The lowest BCUT2D eigenvalue weighted by molar-refractivity contribution is -0.890. The van der Waals surface area contributed by atoms with Crippen molar-refractivity contribution in [2.45, 2.75) is 12.8 Å². The van der Waals surface area contributed by atoms with Gasteiger partial charge in [0.25, 0.3) is 10.1 Å². The van der Waals surface area contributed by atoms with Gasteiger partial charge in [-0.15, -0.1) is 0 Å². The van der Waals surface area contributed by atoms with Gasteiger partial charge in [-0.3, -0.25) is 4.55 Å². The predicted molar refractivity (Wildman–Crippen MR) is 76.4 cm³/mol. The smallest absolute Gasteiger partial charge is 0.265 e. The Hall–Kier alpha value is -1.31. The molecule has 0 spiro atoms. The molecule has 0 heterocycles. The number of likely N-dealkylation sites (N-methyl/N-ethyl adjacent to an activating group) is 1. The van der Waals surface area contributed by atoms with Crippen molar-refractivity contribution in [2.24, 2.45) is 0 Å². The number of hydrogen-bond donors (Lipinski definition) is 3. The van der Waals surface area contributed by atoms with E-state index in [9.17, 15) is 18.6 Å². The van der Waals surface area contributed by atoms with Crippen LogP contribution in [0.2, 0.25) is 0 Å². The van der Waals surface area contributed by atoms with Crippen LogP contribution in [0.5, 0.6) is 11.5 Å². The Morgan fingerprint density at radius 3 is 2.30 bits per heavy atom. The van der Waals surface area contributed by atoms with E-state index in [1.807, 2.05) is 14.1 Å². The molecular formula is C13H22NO5S+. The van der Waals surface area contributed by atoms with Crippen LogP contribution in [0.4, 0.5) is 0 Å². The van der Waals surface area contributed by atoms with Gasteiger partial charge in [0.15, 0.2) is 11.5 Å². The molecule has 0 aliphatic rings. The van der Waals surface area contributed by atoms with Gasteiger partial charge >= 0.3 is 0 Å². The Morgan fingerprint density at radius 1 is 1.10 bits per heavy atom. The standard InChI is InChI=1S/C13H21NO5S/c1-14(2,7-3-9-20(17,18)19)8-6-11-4-5-12(15)13(16)10-11/h4-5,10H,3,6-9H2,1-2H3,(H2-,15,16,17,18,19)/p+1. The fourth-order valence-electron chi connectivity index (χ4n) is 1.94. The molecule has 1 aromatic rings. The maximum Gasteiger partial charge on any atom is 0.265 e. The maximum absolute atomic E-state index is 10.7. The first-order valence-corrected chi connectivity index (χ1v) is 7.98. The molecule has 3 N–H and O–H groups in total. The van der Waals surface area contributed by atoms with E-state index in [0.717, 1.165) is 12.1 Å². The quantitative estimate of drug-likeness (QED) is 0.397. The van der Waals surface area contributed by atoms with Crippen molar-refractivity contribution in [3.05, 3.63) is 23.8 Å². The van der Waals surface area contributed by atoms with Crippen molar-refractivity contribution in [1.82, 2.24) is 0 Å². The molecule has 0 unspecified atom stereocenters. The molecule has 0 radical (unpaired) electrons. The van der Waals surface area contributed by atoms with E-state index in [2.05, 4.69) is 0 Å². The lowest BCUT2D eigenvalue weighted by Crippen LogP contribution is -2.42. The van der Waals surface area contributed by atoms with Gasteiger partial charge in [0.1, 0.15) is 0 Å². The van der Waals surface area contributed by atoms with Crippen LogP contribution in [-0.4, -0.2) is 60.6 Å². The zero-order valence-corrected chi connectivity index (χ0v) is 12.6. The van der Waals surface area contributed by atoms with Gasteiger partial charge in [0.2, 0.25) is 0 Å². The average Bonchev–Trinajstić information content (AvgIpc) is 2.29. The van der Waals surface area contributed by atoms with Crippen LogP contribution >= 0.6 is 0 Å². The van der Waals surface area contributed by atoms with Crippen LogP contribution in [0.1, 0.15) is 12.0 Å². The monoisotopic (exact) mass is 304 g/mol. The summed E-state index contributed by atoms with van der Waals surface area (Å²) in [7, 11) is 0.0580. The van der Waals surface area contributed by atoms with E-state index in [1.54, 1.807) is 6.07 Å². The molecule has 0 fully saturated rings. The molecule has 0 saturated carbocycles. The molecule has 1 rings (SSSR count). The first-order valence-electron chi connectivity index (χ1n) is 6.37. The number of nitrogens with zero attached hydrogens (tertiary/aromatic N) is 1. The largest absolute Gasteiger partial charge is 0.504 e. The van der Waals surface area contributed by atoms with Crippen molar-refractivity contribution < 1.29 is 27.7 Å². The molecule has 0 aliphatic carbocycles. The number of benzene rings is 1. The summed E-state index contributed by atoms with van der Waals surface area (Å²) >= 11 is 0. The molecule has 20 heavy (non-hydrogen) atoms. The Labute approximate surface area is 119 Å². The Kier molecular flexibility index (Phi) is 5.38. The molecule has 0 aromatic heterocycles. The van der Waals surface area contributed by atoms with Crippen molar-refractivity contribution in [3.63, 3.8) is 0 Å². The first kappa shape index (κ1) is 16.7. The molecule has 1 aromatic carbocycles. The Balaban J connectivity index is 2.48. The highest BCUT2D eigenvalue weighted by Crippen LogP contribution is 2.25. The van der Waals surface area contributed by atoms with Gasteiger partial charge in [-0.05, 0) is 17.7 Å². The molecule has 6 nitrogen and oxygen atoms in total. The molecule has 114 valence electrons. The normalized spacial score (nSPS) is 12.6. The summed E-state index contributed by atoms with van der Waals surface area (Å²) in [6.45, 7) is 1.39. The third-order valence-corrected chi connectivity index (χ3v) is 4.02. The summed E-state index contributed by atoms with van der Waals surface area (Å²) in [6, 6.07) is 4.71.